The van der Waals surface area contributed by atoms with Crippen molar-refractivity contribution in [3.63, 3.8) is 0 Å². The van der Waals surface area contributed by atoms with Crippen LogP contribution in [0, 0.1) is 11.8 Å². The first-order valence-electron chi connectivity index (χ1n) is 8.48. The van der Waals surface area contributed by atoms with E-state index < -0.39 is 0 Å². The minimum atomic E-state index is 0.398. The van der Waals surface area contributed by atoms with Gasteiger partial charge in [0.15, 0.2) is 0 Å². The number of rotatable bonds is 7. The summed E-state index contributed by atoms with van der Waals surface area (Å²) in [6, 6.07) is 0. The molecule has 0 aliphatic rings. The van der Waals surface area contributed by atoms with Gasteiger partial charge in [-0.15, -0.1) is 0 Å². The van der Waals surface area contributed by atoms with E-state index in [1.165, 1.54) is 0 Å². The molecule has 0 bridgehead atoms. The molecule has 0 fully saturated rings. The topological polar surface area (TPSA) is 36.3 Å². The molecular weight excluding hydrogens is 276 g/mol. The number of hydrogen-bond donors (Lipinski definition) is 0. The first-order valence-corrected chi connectivity index (χ1v) is 8.48. The Morgan fingerprint density at radius 2 is 1.59 bits per heavy atom. The summed E-state index contributed by atoms with van der Waals surface area (Å²) in [6.45, 7) is 20.4. The van der Waals surface area contributed by atoms with Crippen LogP contribution in [0.1, 0.15) is 55.4 Å². The molecular formula is C18H38N2O2. The Labute approximate surface area is 138 Å². The van der Waals surface area contributed by atoms with Gasteiger partial charge in [0.2, 0.25) is 0 Å². The smallest absolute Gasteiger partial charge is 0.0945 e. The maximum absolute atomic E-state index is 5.09. The predicted octanol–water partition coefficient (Wildman–Crippen LogP) is 4.65. The van der Waals surface area contributed by atoms with Crippen molar-refractivity contribution in [2.45, 2.75) is 68.0 Å². The second-order valence-electron chi connectivity index (χ2n) is 6.21. The van der Waals surface area contributed by atoms with Crippen LogP contribution in [0.3, 0.4) is 0 Å². The fourth-order valence-electron chi connectivity index (χ4n) is 1.50. The van der Waals surface area contributed by atoms with Crippen LogP contribution < -0.4 is 0 Å². The lowest BCUT2D eigenvalue weighted by atomic mass is 10.2. The Balaban J connectivity index is 0. The molecule has 1 rings (SSSR count). The molecule has 4 nitrogen and oxygen atoms in total. The zero-order valence-corrected chi connectivity index (χ0v) is 16.0. The predicted molar refractivity (Wildman–Crippen MR) is 95.2 cm³/mol. The molecule has 0 radical (unpaired) electrons. The highest BCUT2D eigenvalue weighted by Gasteiger charge is 1.92. The van der Waals surface area contributed by atoms with Crippen LogP contribution in [0.15, 0.2) is 18.7 Å². The number of aromatic nitrogens is 2. The van der Waals surface area contributed by atoms with Crippen LogP contribution in [-0.4, -0.2) is 35.5 Å². The van der Waals surface area contributed by atoms with Gasteiger partial charge in [0.05, 0.1) is 12.4 Å². The monoisotopic (exact) mass is 314 g/mol. The van der Waals surface area contributed by atoms with Gasteiger partial charge in [0, 0.05) is 38.8 Å². The molecule has 0 N–H and O–H groups in total. The summed E-state index contributed by atoms with van der Waals surface area (Å²) in [5, 5.41) is 0. The summed E-state index contributed by atoms with van der Waals surface area (Å²) in [6.07, 6.45) is 6.04. The van der Waals surface area contributed by atoms with Crippen molar-refractivity contribution in [1.29, 1.82) is 0 Å². The summed E-state index contributed by atoms with van der Waals surface area (Å²) < 4.78 is 12.2. The fraction of sp³-hybridized carbons (Fsp3) is 0.833. The summed E-state index contributed by atoms with van der Waals surface area (Å²) in [7, 11) is 0. The SMILES string of the molecule is CC(C)Cn1ccnc1.CCOC(C)C.CCOCC(C)C. The highest BCUT2D eigenvalue weighted by molar-refractivity contribution is 4.74. The van der Waals surface area contributed by atoms with Crippen LogP contribution in [0.2, 0.25) is 0 Å². The summed E-state index contributed by atoms with van der Waals surface area (Å²) >= 11 is 0. The highest BCUT2D eigenvalue weighted by atomic mass is 16.5. The molecule has 0 atom stereocenters. The third-order valence-corrected chi connectivity index (χ3v) is 2.29. The van der Waals surface area contributed by atoms with E-state index in [0.29, 0.717) is 17.9 Å². The molecule has 132 valence electrons. The Morgan fingerprint density at radius 3 is 1.82 bits per heavy atom. The first-order chi connectivity index (χ1) is 10.3. The minimum Gasteiger partial charge on any atom is -0.381 e. The van der Waals surface area contributed by atoms with E-state index in [2.05, 4.69) is 37.2 Å². The number of hydrogen-bond acceptors (Lipinski definition) is 3. The van der Waals surface area contributed by atoms with Crippen molar-refractivity contribution in [2.24, 2.45) is 11.8 Å². The average Bonchev–Trinajstić information content (AvgIpc) is 2.89. The van der Waals surface area contributed by atoms with Gasteiger partial charge in [-0.3, -0.25) is 0 Å². The largest absolute Gasteiger partial charge is 0.381 e. The average molecular weight is 315 g/mol. The van der Waals surface area contributed by atoms with Gasteiger partial charge < -0.3 is 14.0 Å². The Morgan fingerprint density at radius 1 is 0.955 bits per heavy atom. The van der Waals surface area contributed by atoms with E-state index in [0.717, 1.165) is 26.4 Å². The van der Waals surface area contributed by atoms with Gasteiger partial charge in [-0.05, 0) is 39.5 Å². The standard InChI is InChI=1S/C7H12N2.C6H14O.C5H12O/c1-7(2)5-9-4-3-8-6-9;1-4-7-5-6(2)3;1-4-6-5(2)3/h3-4,6-7H,5H2,1-2H3;6H,4-5H2,1-3H3;5H,4H2,1-3H3. The summed E-state index contributed by atoms with van der Waals surface area (Å²) in [4.78, 5) is 3.94. The van der Waals surface area contributed by atoms with Crippen molar-refractivity contribution < 1.29 is 9.47 Å². The van der Waals surface area contributed by atoms with Gasteiger partial charge >= 0.3 is 0 Å². The van der Waals surface area contributed by atoms with Crippen LogP contribution in [0.25, 0.3) is 0 Å². The second kappa shape index (κ2) is 16.5. The van der Waals surface area contributed by atoms with Gasteiger partial charge in [0.25, 0.3) is 0 Å². The quantitative estimate of drug-likeness (QED) is 0.735. The van der Waals surface area contributed by atoms with Crippen LogP contribution in [-0.2, 0) is 16.0 Å². The zero-order valence-electron chi connectivity index (χ0n) is 16.0. The van der Waals surface area contributed by atoms with Crippen molar-refractivity contribution >= 4 is 0 Å². The molecule has 1 aromatic rings. The van der Waals surface area contributed by atoms with Gasteiger partial charge in [-0.25, -0.2) is 4.98 Å². The molecule has 0 amide bonds. The number of nitrogens with zero attached hydrogens (tertiary/aromatic N) is 2. The molecule has 0 saturated heterocycles. The molecule has 0 unspecified atom stereocenters. The Hall–Kier alpha value is -0.870. The van der Waals surface area contributed by atoms with E-state index in [-0.39, 0.29) is 0 Å². The lowest BCUT2D eigenvalue weighted by Crippen LogP contribution is -2.00. The lowest BCUT2D eigenvalue weighted by molar-refractivity contribution is 0.0899. The van der Waals surface area contributed by atoms with E-state index in [1.54, 1.807) is 0 Å². The maximum atomic E-state index is 5.09. The van der Waals surface area contributed by atoms with Crippen LogP contribution in [0.5, 0.6) is 0 Å². The second-order valence-corrected chi connectivity index (χ2v) is 6.21. The van der Waals surface area contributed by atoms with Crippen molar-refractivity contribution in [3.05, 3.63) is 18.7 Å². The molecule has 0 aliphatic carbocycles. The number of ether oxygens (including phenoxy) is 2. The van der Waals surface area contributed by atoms with Crippen molar-refractivity contribution in [3.8, 4) is 0 Å². The Bertz CT molecular complexity index is 296. The van der Waals surface area contributed by atoms with Gasteiger partial charge in [0.1, 0.15) is 0 Å². The first kappa shape index (κ1) is 23.4. The van der Waals surface area contributed by atoms with E-state index in [9.17, 15) is 0 Å². The third-order valence-electron chi connectivity index (χ3n) is 2.29. The van der Waals surface area contributed by atoms with E-state index in [1.807, 2.05) is 46.4 Å². The van der Waals surface area contributed by atoms with Gasteiger partial charge in [-0.1, -0.05) is 27.7 Å². The van der Waals surface area contributed by atoms with E-state index >= 15 is 0 Å². The highest BCUT2D eigenvalue weighted by Crippen LogP contribution is 1.96. The lowest BCUT2D eigenvalue weighted by Gasteiger charge is -2.03. The number of imidazole rings is 1. The zero-order chi connectivity index (χ0) is 17.4. The molecule has 0 saturated carbocycles. The van der Waals surface area contributed by atoms with Crippen molar-refractivity contribution in [1.82, 2.24) is 9.55 Å². The molecule has 22 heavy (non-hydrogen) atoms. The molecule has 0 spiro atoms. The van der Waals surface area contributed by atoms with Gasteiger partial charge in [-0.2, -0.15) is 0 Å². The molecule has 4 heteroatoms. The summed E-state index contributed by atoms with van der Waals surface area (Å²) in [5.74, 6) is 1.39. The molecule has 0 aromatic carbocycles. The molecule has 0 aliphatic heterocycles. The molecule has 1 heterocycles. The molecule has 1 aromatic heterocycles. The summed E-state index contributed by atoms with van der Waals surface area (Å²) in [5.41, 5.74) is 0. The van der Waals surface area contributed by atoms with E-state index in [4.69, 9.17) is 9.47 Å². The van der Waals surface area contributed by atoms with Crippen LogP contribution >= 0.6 is 0 Å². The third kappa shape index (κ3) is 21.4. The maximum Gasteiger partial charge on any atom is 0.0945 e. The van der Waals surface area contributed by atoms with Crippen LogP contribution in [0.4, 0.5) is 0 Å². The minimum absolute atomic E-state index is 0.398. The normalized spacial score (nSPS) is 10.3. The van der Waals surface area contributed by atoms with Crippen molar-refractivity contribution in [2.75, 3.05) is 19.8 Å². The Kier molecular flexibility index (Phi) is 17.5. The fourth-order valence-corrected chi connectivity index (χ4v) is 1.50.